The zero-order valence-corrected chi connectivity index (χ0v) is 14.1. The molecule has 0 spiro atoms. The number of rotatable bonds is 1. The minimum Gasteiger partial charge on any atom is -0.455 e. The van der Waals surface area contributed by atoms with Crippen LogP contribution in [-0.2, 0) is 0 Å². The van der Waals surface area contributed by atoms with Crippen molar-refractivity contribution in [3.05, 3.63) is 65.2 Å². The molecule has 0 fully saturated rings. The fourth-order valence-electron chi connectivity index (χ4n) is 2.57. The van der Waals surface area contributed by atoms with Crippen LogP contribution in [0, 0.1) is 0 Å². The molecule has 0 N–H and O–H groups in total. The average Bonchev–Trinajstić information content (AvgIpc) is 2.57. The normalized spacial score (nSPS) is 22.4. The zero-order valence-electron chi connectivity index (χ0n) is 11.8. The highest BCUT2D eigenvalue weighted by Gasteiger charge is 2.25. The molecule has 2 aromatic carbocycles. The van der Waals surface area contributed by atoms with E-state index < -0.39 is 11.5 Å². The van der Waals surface area contributed by atoms with Gasteiger partial charge in [-0.1, -0.05) is 47.6 Å². The van der Waals surface area contributed by atoms with E-state index in [0.29, 0.717) is 0 Å². The van der Waals surface area contributed by atoms with E-state index in [1.165, 1.54) is 0 Å². The molecule has 0 saturated heterocycles. The van der Waals surface area contributed by atoms with Gasteiger partial charge in [-0.25, -0.2) is 4.39 Å². The Bertz CT molecular complexity index is 847. The third-order valence-corrected chi connectivity index (χ3v) is 5.52. The Morgan fingerprint density at radius 1 is 1.04 bits per heavy atom. The van der Waals surface area contributed by atoms with Gasteiger partial charge in [-0.3, -0.25) is 0 Å². The second-order valence-corrected chi connectivity index (χ2v) is 7.33. The molecule has 2 aromatic rings. The van der Waals surface area contributed by atoms with Crippen molar-refractivity contribution in [3.8, 4) is 11.5 Å². The summed E-state index contributed by atoms with van der Waals surface area (Å²) in [7, 11) is 0. The molecule has 1 aliphatic heterocycles. The standard InChI is InChI=1S/C18H11Cl2FOS/c19-12-7-11(8-13(20)18(12)21)10-5-6-17-15(9-10)22-14-3-1-2-4-16(14)23-17/h1-9,12,18H. The second kappa shape index (κ2) is 5.90. The predicted molar refractivity (Wildman–Crippen MR) is 93.5 cm³/mol. The number of hydrogen-bond acceptors (Lipinski definition) is 2. The molecule has 2 aliphatic rings. The maximum Gasteiger partial charge on any atom is 0.155 e. The van der Waals surface area contributed by atoms with Crippen molar-refractivity contribution in [2.75, 3.05) is 0 Å². The molecule has 116 valence electrons. The van der Waals surface area contributed by atoms with Gasteiger partial charge in [0.2, 0.25) is 0 Å². The fourth-order valence-corrected chi connectivity index (χ4v) is 4.09. The van der Waals surface area contributed by atoms with E-state index in [1.807, 2.05) is 42.5 Å². The van der Waals surface area contributed by atoms with Crippen LogP contribution in [0.15, 0.2) is 69.4 Å². The van der Waals surface area contributed by atoms with Crippen LogP contribution in [0.5, 0.6) is 11.5 Å². The Labute approximate surface area is 147 Å². The number of para-hydroxylation sites is 1. The molecule has 1 nitrogen and oxygen atoms in total. The first-order valence-electron chi connectivity index (χ1n) is 7.08. The SMILES string of the molecule is FC1C(Cl)=CC(c2ccc3c(c2)Oc2ccccc2S3)=CC1Cl. The van der Waals surface area contributed by atoms with Crippen molar-refractivity contribution in [2.24, 2.45) is 0 Å². The largest absolute Gasteiger partial charge is 0.455 e. The zero-order chi connectivity index (χ0) is 16.0. The molecule has 0 aromatic heterocycles. The summed E-state index contributed by atoms with van der Waals surface area (Å²) in [6, 6.07) is 13.8. The number of allylic oxidation sites excluding steroid dienone is 4. The molecule has 2 unspecified atom stereocenters. The lowest BCUT2D eigenvalue weighted by Crippen LogP contribution is -2.17. The van der Waals surface area contributed by atoms with E-state index in [9.17, 15) is 4.39 Å². The fraction of sp³-hybridized carbons (Fsp3) is 0.111. The quantitative estimate of drug-likeness (QED) is 0.461. The van der Waals surface area contributed by atoms with E-state index in [1.54, 1.807) is 23.9 Å². The molecule has 0 saturated carbocycles. The van der Waals surface area contributed by atoms with E-state index in [0.717, 1.165) is 32.4 Å². The molecule has 5 heteroatoms. The summed E-state index contributed by atoms with van der Waals surface area (Å²) in [6.07, 6.45) is 1.96. The smallest absolute Gasteiger partial charge is 0.155 e. The van der Waals surface area contributed by atoms with Crippen LogP contribution in [-0.4, -0.2) is 11.5 Å². The molecule has 1 heterocycles. The molecule has 1 aliphatic carbocycles. The number of fused-ring (bicyclic) bond motifs is 2. The van der Waals surface area contributed by atoms with E-state index >= 15 is 0 Å². The van der Waals surface area contributed by atoms with Crippen molar-refractivity contribution in [2.45, 2.75) is 21.3 Å². The van der Waals surface area contributed by atoms with Crippen LogP contribution in [0.3, 0.4) is 0 Å². The van der Waals surface area contributed by atoms with Gasteiger partial charge in [-0.05, 0) is 41.5 Å². The number of hydrogen-bond donors (Lipinski definition) is 0. The first-order valence-corrected chi connectivity index (χ1v) is 8.71. The summed E-state index contributed by atoms with van der Waals surface area (Å²) in [4.78, 5) is 2.14. The lowest BCUT2D eigenvalue weighted by Gasteiger charge is -2.22. The van der Waals surface area contributed by atoms with Crippen LogP contribution in [0.1, 0.15) is 5.56 Å². The topological polar surface area (TPSA) is 9.23 Å². The lowest BCUT2D eigenvalue weighted by atomic mass is 9.98. The van der Waals surface area contributed by atoms with Gasteiger partial charge in [-0.2, -0.15) is 0 Å². The summed E-state index contributed by atoms with van der Waals surface area (Å²) in [5.41, 5.74) is 1.71. The van der Waals surface area contributed by atoms with Crippen LogP contribution in [0.25, 0.3) is 5.57 Å². The highest BCUT2D eigenvalue weighted by atomic mass is 35.5. The maximum absolute atomic E-state index is 13.7. The molecule has 0 amide bonds. The molecule has 0 bridgehead atoms. The van der Waals surface area contributed by atoms with Crippen molar-refractivity contribution in [1.82, 2.24) is 0 Å². The lowest BCUT2D eigenvalue weighted by molar-refractivity contribution is 0.399. The monoisotopic (exact) mass is 364 g/mol. The van der Waals surface area contributed by atoms with Crippen molar-refractivity contribution < 1.29 is 9.13 Å². The molecule has 0 radical (unpaired) electrons. The molecular weight excluding hydrogens is 354 g/mol. The minimum atomic E-state index is -1.35. The van der Waals surface area contributed by atoms with Crippen LogP contribution < -0.4 is 4.74 Å². The Morgan fingerprint density at radius 2 is 1.83 bits per heavy atom. The van der Waals surface area contributed by atoms with E-state index in [2.05, 4.69) is 0 Å². The van der Waals surface area contributed by atoms with E-state index in [4.69, 9.17) is 27.9 Å². The Morgan fingerprint density at radius 3 is 2.65 bits per heavy atom. The highest BCUT2D eigenvalue weighted by Crippen LogP contribution is 2.47. The molecular formula is C18H11Cl2FOS. The summed E-state index contributed by atoms with van der Waals surface area (Å²) in [5.74, 6) is 1.62. The minimum absolute atomic E-state index is 0.126. The van der Waals surface area contributed by atoms with Gasteiger partial charge < -0.3 is 4.74 Å². The van der Waals surface area contributed by atoms with Gasteiger partial charge in [0.25, 0.3) is 0 Å². The average molecular weight is 365 g/mol. The summed E-state index contributed by atoms with van der Waals surface area (Å²) < 4.78 is 19.7. The van der Waals surface area contributed by atoms with Crippen molar-refractivity contribution in [1.29, 1.82) is 0 Å². The van der Waals surface area contributed by atoms with Crippen LogP contribution >= 0.6 is 35.0 Å². The number of benzene rings is 2. The summed E-state index contributed by atoms with van der Waals surface area (Å²) in [6.45, 7) is 0. The first kappa shape index (κ1) is 15.1. The van der Waals surface area contributed by atoms with Gasteiger partial charge in [0, 0.05) is 0 Å². The molecule has 2 atom stereocenters. The predicted octanol–water partition coefficient (Wildman–Crippen LogP) is 6.41. The number of halogens is 3. The maximum atomic E-state index is 13.7. The second-order valence-electron chi connectivity index (χ2n) is 5.31. The van der Waals surface area contributed by atoms with Gasteiger partial charge in [0.15, 0.2) is 6.17 Å². The van der Waals surface area contributed by atoms with Crippen LogP contribution in [0.4, 0.5) is 4.39 Å². The van der Waals surface area contributed by atoms with Gasteiger partial charge >= 0.3 is 0 Å². The van der Waals surface area contributed by atoms with Gasteiger partial charge in [0.1, 0.15) is 11.5 Å². The Hall–Kier alpha value is -1.42. The Balaban J connectivity index is 1.71. The van der Waals surface area contributed by atoms with Crippen molar-refractivity contribution >= 4 is 40.5 Å². The van der Waals surface area contributed by atoms with Crippen molar-refractivity contribution in [3.63, 3.8) is 0 Å². The number of ether oxygens (including phenoxy) is 1. The molecule has 23 heavy (non-hydrogen) atoms. The summed E-state index contributed by atoms with van der Waals surface area (Å²) >= 11 is 13.6. The van der Waals surface area contributed by atoms with Crippen LogP contribution in [0.2, 0.25) is 0 Å². The Kier molecular flexibility index (Phi) is 3.88. The third kappa shape index (κ3) is 2.78. The third-order valence-electron chi connectivity index (χ3n) is 3.74. The number of alkyl halides is 2. The van der Waals surface area contributed by atoms with Gasteiger partial charge in [0.05, 0.1) is 20.2 Å². The first-order chi connectivity index (χ1) is 11.1. The highest BCUT2D eigenvalue weighted by molar-refractivity contribution is 7.99. The van der Waals surface area contributed by atoms with Gasteiger partial charge in [-0.15, -0.1) is 11.6 Å². The van der Waals surface area contributed by atoms with E-state index in [-0.39, 0.29) is 5.03 Å². The molecule has 4 rings (SSSR count). The summed E-state index contributed by atoms with van der Waals surface area (Å²) in [5, 5.41) is -0.629.